The van der Waals surface area contributed by atoms with Gasteiger partial charge in [0.1, 0.15) is 28.7 Å². The number of nitrogens with one attached hydrogen (secondary N) is 2. The van der Waals surface area contributed by atoms with Crippen LogP contribution < -0.4 is 15.6 Å². The fourth-order valence-corrected chi connectivity index (χ4v) is 4.66. The molecule has 6 rings (SSSR count). The van der Waals surface area contributed by atoms with Gasteiger partial charge in [-0.2, -0.15) is 9.61 Å². The number of pyridine rings is 1. The lowest BCUT2D eigenvalue weighted by molar-refractivity contribution is 0.415. The van der Waals surface area contributed by atoms with Gasteiger partial charge >= 0.3 is 0 Å². The number of aromatic amines is 1. The molecule has 0 radical (unpaired) electrons. The van der Waals surface area contributed by atoms with Gasteiger partial charge in [-0.05, 0) is 47.5 Å². The summed E-state index contributed by atoms with van der Waals surface area (Å²) in [6, 6.07) is 30.2. The molecule has 0 saturated heterocycles. The molecule has 0 saturated carbocycles. The summed E-state index contributed by atoms with van der Waals surface area (Å²) >= 11 is 6.38. The lowest BCUT2D eigenvalue weighted by Crippen LogP contribution is -2.19. The van der Waals surface area contributed by atoms with Gasteiger partial charge in [0, 0.05) is 16.8 Å². The first-order chi connectivity index (χ1) is 18.6. The van der Waals surface area contributed by atoms with Crippen LogP contribution in [0.5, 0.6) is 5.75 Å². The van der Waals surface area contributed by atoms with E-state index in [2.05, 4.69) is 15.3 Å². The van der Waals surface area contributed by atoms with E-state index < -0.39 is 0 Å². The molecule has 3 aromatic carbocycles. The molecule has 7 nitrogen and oxygen atoms in total. The lowest BCUT2D eigenvalue weighted by atomic mass is 10.0. The number of hydrogen-bond donors (Lipinski definition) is 2. The molecule has 0 aliphatic heterocycles. The number of H-pyrrole nitrogens is 1. The van der Waals surface area contributed by atoms with E-state index >= 15 is 0 Å². The fraction of sp³-hybridized carbons (Fsp3) is 0.0333. The van der Waals surface area contributed by atoms with Crippen LogP contribution in [0.1, 0.15) is 0 Å². The molecular weight excluding hydrogens is 498 g/mol. The third-order valence-electron chi connectivity index (χ3n) is 6.24. The van der Waals surface area contributed by atoms with E-state index in [-0.39, 0.29) is 5.56 Å². The molecule has 0 fully saturated rings. The molecule has 0 aliphatic carbocycles. The summed E-state index contributed by atoms with van der Waals surface area (Å²) in [6.07, 6.45) is 1.69. The van der Waals surface area contributed by atoms with Gasteiger partial charge in [0.25, 0.3) is 5.56 Å². The average molecular weight is 520 g/mol. The van der Waals surface area contributed by atoms with Crippen LogP contribution in [0.4, 0.5) is 11.6 Å². The summed E-state index contributed by atoms with van der Waals surface area (Å²) in [7, 11) is 1.61. The predicted octanol–water partition coefficient (Wildman–Crippen LogP) is 6.82. The van der Waals surface area contributed by atoms with Gasteiger partial charge in [0.2, 0.25) is 0 Å². The van der Waals surface area contributed by atoms with Gasteiger partial charge < -0.3 is 15.0 Å². The SMILES string of the molecule is COc1ccc(-c2c(Nc3ccccn3)[nH]c3c(-c4cccc(Cl)c4)c(-c4ccccc4)nn3c2=O)cc1. The third kappa shape index (κ3) is 4.29. The van der Waals surface area contributed by atoms with Crippen LogP contribution in [0.2, 0.25) is 5.02 Å². The van der Waals surface area contributed by atoms with Crippen molar-refractivity contribution in [3.63, 3.8) is 0 Å². The third-order valence-corrected chi connectivity index (χ3v) is 6.48. The highest BCUT2D eigenvalue weighted by Gasteiger charge is 2.23. The molecule has 0 unspecified atom stereocenters. The molecule has 6 aromatic rings. The average Bonchev–Trinajstić information content (AvgIpc) is 3.34. The molecule has 0 bridgehead atoms. The lowest BCUT2D eigenvalue weighted by Gasteiger charge is -2.13. The van der Waals surface area contributed by atoms with E-state index in [9.17, 15) is 4.79 Å². The van der Waals surface area contributed by atoms with Crippen molar-refractivity contribution < 1.29 is 4.74 Å². The Labute approximate surface area is 223 Å². The van der Waals surface area contributed by atoms with E-state index in [1.54, 1.807) is 13.3 Å². The first-order valence-electron chi connectivity index (χ1n) is 12.0. The van der Waals surface area contributed by atoms with Gasteiger partial charge in [-0.15, -0.1) is 0 Å². The first-order valence-corrected chi connectivity index (χ1v) is 12.3. The van der Waals surface area contributed by atoms with Crippen LogP contribution in [0.25, 0.3) is 39.2 Å². The standard InChI is InChI=1S/C30H22ClN5O2/c1-38-23-15-13-19(14-16-23)26-28(33-24-12-5-6-17-32-24)34-29-25(21-10-7-11-22(31)18-21)27(35-36(29)30(26)37)20-8-3-2-4-9-20/h2-18,34H,1H3,(H,32,33). The van der Waals surface area contributed by atoms with Crippen molar-refractivity contribution in [1.82, 2.24) is 19.6 Å². The number of fused-ring (bicyclic) bond motifs is 1. The largest absolute Gasteiger partial charge is 0.497 e. The smallest absolute Gasteiger partial charge is 0.284 e. The Balaban J connectivity index is 1.68. The first kappa shape index (κ1) is 23.5. The minimum Gasteiger partial charge on any atom is -0.497 e. The normalized spacial score (nSPS) is 11.0. The zero-order valence-electron chi connectivity index (χ0n) is 20.4. The van der Waals surface area contributed by atoms with Crippen molar-refractivity contribution in [2.75, 3.05) is 12.4 Å². The highest BCUT2D eigenvalue weighted by Crippen LogP contribution is 2.37. The van der Waals surface area contributed by atoms with Crippen LogP contribution in [0, 0.1) is 0 Å². The minimum absolute atomic E-state index is 0.284. The Morgan fingerprint density at radius 3 is 2.32 bits per heavy atom. The fourth-order valence-electron chi connectivity index (χ4n) is 4.47. The van der Waals surface area contributed by atoms with Crippen LogP contribution in [0.3, 0.4) is 0 Å². The summed E-state index contributed by atoms with van der Waals surface area (Å²) in [5.41, 5.74) is 4.52. The van der Waals surface area contributed by atoms with E-state index in [0.717, 1.165) is 16.7 Å². The second-order valence-corrected chi connectivity index (χ2v) is 9.05. The van der Waals surface area contributed by atoms with Gasteiger partial charge in [0.15, 0.2) is 0 Å². The molecule has 8 heteroatoms. The molecule has 0 aliphatic rings. The van der Waals surface area contributed by atoms with Crippen molar-refractivity contribution in [2.24, 2.45) is 0 Å². The topological polar surface area (TPSA) is 84.3 Å². The number of ether oxygens (including phenoxy) is 1. The second-order valence-electron chi connectivity index (χ2n) is 8.61. The Hall–Kier alpha value is -4.88. The van der Waals surface area contributed by atoms with Gasteiger partial charge in [-0.1, -0.05) is 72.3 Å². The molecule has 3 aromatic heterocycles. The van der Waals surface area contributed by atoms with E-state index in [1.807, 2.05) is 97.1 Å². The Morgan fingerprint density at radius 1 is 0.842 bits per heavy atom. The maximum Gasteiger partial charge on any atom is 0.284 e. The minimum atomic E-state index is -0.284. The Kier molecular flexibility index (Phi) is 6.11. The highest BCUT2D eigenvalue weighted by atomic mass is 35.5. The maximum absolute atomic E-state index is 14.2. The summed E-state index contributed by atoms with van der Waals surface area (Å²) in [6.45, 7) is 0. The van der Waals surface area contributed by atoms with Gasteiger partial charge in [-0.3, -0.25) is 4.79 Å². The van der Waals surface area contributed by atoms with E-state index in [1.165, 1.54) is 4.52 Å². The molecule has 0 spiro atoms. The number of hydrogen-bond acceptors (Lipinski definition) is 5. The van der Waals surface area contributed by atoms with Crippen LogP contribution in [-0.2, 0) is 0 Å². The van der Waals surface area contributed by atoms with E-state index in [4.69, 9.17) is 21.4 Å². The van der Waals surface area contributed by atoms with Crippen molar-refractivity contribution in [2.45, 2.75) is 0 Å². The predicted molar refractivity (Wildman–Crippen MR) is 151 cm³/mol. The zero-order chi connectivity index (χ0) is 26.1. The van der Waals surface area contributed by atoms with Crippen molar-refractivity contribution in [3.8, 4) is 39.3 Å². The summed E-state index contributed by atoms with van der Waals surface area (Å²) in [4.78, 5) is 22.0. The van der Waals surface area contributed by atoms with Gasteiger partial charge in [-0.25, -0.2) is 4.98 Å². The number of aromatic nitrogens is 4. The van der Waals surface area contributed by atoms with Crippen LogP contribution >= 0.6 is 11.6 Å². The molecule has 186 valence electrons. The van der Waals surface area contributed by atoms with Crippen LogP contribution in [0.15, 0.2) is 108 Å². The molecule has 3 heterocycles. The number of anilines is 2. The summed E-state index contributed by atoms with van der Waals surface area (Å²) < 4.78 is 6.74. The molecule has 0 atom stereocenters. The zero-order valence-corrected chi connectivity index (χ0v) is 21.1. The summed E-state index contributed by atoms with van der Waals surface area (Å²) in [5.74, 6) is 1.78. The van der Waals surface area contributed by atoms with Crippen LogP contribution in [-0.4, -0.2) is 26.7 Å². The van der Waals surface area contributed by atoms with Crippen molar-refractivity contribution in [1.29, 1.82) is 0 Å². The monoisotopic (exact) mass is 519 g/mol. The number of nitrogens with zero attached hydrogens (tertiary/aromatic N) is 3. The maximum atomic E-state index is 14.2. The molecule has 38 heavy (non-hydrogen) atoms. The Bertz CT molecular complexity index is 1800. The number of benzene rings is 3. The van der Waals surface area contributed by atoms with Crippen molar-refractivity contribution >= 4 is 28.9 Å². The quantitative estimate of drug-likeness (QED) is 0.252. The highest BCUT2D eigenvalue weighted by molar-refractivity contribution is 6.30. The van der Waals surface area contributed by atoms with E-state index in [0.29, 0.717) is 44.9 Å². The molecular formula is C30H22ClN5O2. The Morgan fingerprint density at radius 2 is 1.61 bits per heavy atom. The van der Waals surface area contributed by atoms with Crippen molar-refractivity contribution in [3.05, 3.63) is 119 Å². The number of rotatable bonds is 6. The van der Waals surface area contributed by atoms with Gasteiger partial charge in [0.05, 0.1) is 18.2 Å². The molecule has 2 N–H and O–H groups in total. The second kappa shape index (κ2) is 9.88. The number of methoxy groups -OCH3 is 1. The summed E-state index contributed by atoms with van der Waals surface area (Å²) in [5, 5.41) is 8.71. The molecule has 0 amide bonds. The number of halogens is 1.